The van der Waals surface area contributed by atoms with Gasteiger partial charge in [-0.25, -0.2) is 4.39 Å². The van der Waals surface area contributed by atoms with Gasteiger partial charge in [-0.3, -0.25) is 9.78 Å². The van der Waals surface area contributed by atoms with E-state index in [1.54, 1.807) is 19.4 Å². The lowest BCUT2D eigenvalue weighted by atomic mass is 10.1. The minimum atomic E-state index is -0.453. The number of halogens is 1. The summed E-state index contributed by atoms with van der Waals surface area (Å²) in [5.41, 5.74) is 7.07. The fraction of sp³-hybridized carbons (Fsp3) is 0.143. The molecule has 0 radical (unpaired) electrons. The zero-order valence-corrected chi connectivity index (χ0v) is 10.5. The van der Waals surface area contributed by atoms with E-state index >= 15 is 0 Å². The minimum Gasteiger partial charge on any atom is -0.398 e. The number of hydrogen-bond acceptors (Lipinski definition) is 3. The second kappa shape index (κ2) is 5.48. The third-order valence-corrected chi connectivity index (χ3v) is 2.76. The molecule has 98 valence electrons. The third kappa shape index (κ3) is 3.07. The Morgan fingerprint density at radius 2 is 2.00 bits per heavy atom. The molecule has 1 aromatic carbocycles. The summed E-state index contributed by atoms with van der Waals surface area (Å²) in [5, 5.41) is 0. The van der Waals surface area contributed by atoms with E-state index in [1.807, 2.05) is 12.1 Å². The molecular weight excluding hydrogens is 245 g/mol. The summed E-state index contributed by atoms with van der Waals surface area (Å²) in [7, 11) is 1.67. The zero-order chi connectivity index (χ0) is 13.8. The van der Waals surface area contributed by atoms with Gasteiger partial charge in [-0.1, -0.05) is 0 Å². The number of hydrogen-bond donors (Lipinski definition) is 1. The van der Waals surface area contributed by atoms with Crippen LogP contribution in [-0.4, -0.2) is 22.8 Å². The highest BCUT2D eigenvalue weighted by Crippen LogP contribution is 2.16. The highest BCUT2D eigenvalue weighted by atomic mass is 19.1. The summed E-state index contributed by atoms with van der Waals surface area (Å²) < 4.78 is 12.9. The molecule has 2 aromatic rings. The molecular formula is C14H14FN3O. The van der Waals surface area contributed by atoms with Crippen molar-refractivity contribution in [3.63, 3.8) is 0 Å². The van der Waals surface area contributed by atoms with Crippen molar-refractivity contribution in [2.75, 3.05) is 12.8 Å². The van der Waals surface area contributed by atoms with Crippen molar-refractivity contribution >= 4 is 11.6 Å². The molecule has 0 atom stereocenters. The third-order valence-electron chi connectivity index (χ3n) is 2.76. The number of nitrogens with zero attached hydrogens (tertiary/aromatic N) is 2. The van der Waals surface area contributed by atoms with Crippen LogP contribution in [0.4, 0.5) is 10.1 Å². The topological polar surface area (TPSA) is 59.2 Å². The Kier molecular flexibility index (Phi) is 3.75. The Morgan fingerprint density at radius 1 is 1.32 bits per heavy atom. The Balaban J connectivity index is 2.15. The number of amides is 1. The Bertz CT molecular complexity index is 586. The predicted molar refractivity (Wildman–Crippen MR) is 70.8 cm³/mol. The monoisotopic (exact) mass is 259 g/mol. The fourth-order valence-electron chi connectivity index (χ4n) is 1.77. The lowest BCUT2D eigenvalue weighted by molar-refractivity contribution is 0.0786. The summed E-state index contributed by atoms with van der Waals surface area (Å²) in [6, 6.07) is 7.43. The standard InChI is InChI=1S/C14H14FN3O/c1-18(9-10-4-6-17-7-5-10)14(19)12-3-2-11(15)8-13(12)16/h2-8H,9,16H2,1H3. The predicted octanol–water partition coefficient (Wildman–Crippen LogP) is 2.08. The maximum absolute atomic E-state index is 12.9. The van der Waals surface area contributed by atoms with Gasteiger partial charge in [0.15, 0.2) is 0 Å². The van der Waals surface area contributed by atoms with Gasteiger partial charge < -0.3 is 10.6 Å². The Morgan fingerprint density at radius 3 is 2.63 bits per heavy atom. The highest BCUT2D eigenvalue weighted by Gasteiger charge is 2.15. The molecule has 0 aliphatic carbocycles. The molecule has 0 aliphatic heterocycles. The number of rotatable bonds is 3. The second-order valence-electron chi connectivity index (χ2n) is 4.25. The van der Waals surface area contributed by atoms with Crippen LogP contribution in [-0.2, 0) is 6.54 Å². The SMILES string of the molecule is CN(Cc1ccncc1)C(=O)c1ccc(F)cc1N. The molecule has 4 nitrogen and oxygen atoms in total. The van der Waals surface area contributed by atoms with E-state index in [0.717, 1.165) is 11.6 Å². The first kappa shape index (κ1) is 13.0. The lowest BCUT2D eigenvalue weighted by Gasteiger charge is -2.18. The summed E-state index contributed by atoms with van der Waals surface area (Å²) in [4.78, 5) is 17.6. The maximum Gasteiger partial charge on any atom is 0.255 e. The van der Waals surface area contributed by atoms with Crippen LogP contribution >= 0.6 is 0 Å². The van der Waals surface area contributed by atoms with E-state index in [2.05, 4.69) is 4.98 Å². The van der Waals surface area contributed by atoms with E-state index < -0.39 is 5.82 Å². The molecule has 2 rings (SSSR count). The maximum atomic E-state index is 12.9. The molecule has 0 spiro atoms. The van der Waals surface area contributed by atoms with Gasteiger partial charge in [0, 0.05) is 31.7 Å². The molecule has 2 N–H and O–H groups in total. The van der Waals surface area contributed by atoms with Crippen LogP contribution in [0.2, 0.25) is 0 Å². The molecule has 0 aliphatic rings. The largest absolute Gasteiger partial charge is 0.398 e. The summed E-state index contributed by atoms with van der Waals surface area (Å²) in [6.07, 6.45) is 3.33. The van der Waals surface area contributed by atoms with Crippen LogP contribution in [0.3, 0.4) is 0 Å². The van der Waals surface area contributed by atoms with E-state index in [9.17, 15) is 9.18 Å². The van der Waals surface area contributed by atoms with Gasteiger partial charge in [-0.2, -0.15) is 0 Å². The average Bonchev–Trinajstić information content (AvgIpc) is 2.39. The van der Waals surface area contributed by atoms with Crippen molar-refractivity contribution in [3.05, 3.63) is 59.7 Å². The normalized spacial score (nSPS) is 10.2. The van der Waals surface area contributed by atoms with Crippen molar-refractivity contribution in [3.8, 4) is 0 Å². The lowest BCUT2D eigenvalue weighted by Crippen LogP contribution is -2.27. The van der Waals surface area contributed by atoms with Gasteiger partial charge in [0.25, 0.3) is 5.91 Å². The zero-order valence-electron chi connectivity index (χ0n) is 10.5. The van der Waals surface area contributed by atoms with E-state index in [-0.39, 0.29) is 11.6 Å². The molecule has 1 aromatic heterocycles. The molecule has 1 heterocycles. The summed E-state index contributed by atoms with van der Waals surface area (Å²) >= 11 is 0. The molecule has 0 saturated heterocycles. The number of carbonyl (C=O) groups is 1. The molecule has 0 unspecified atom stereocenters. The fourth-order valence-corrected chi connectivity index (χ4v) is 1.77. The van der Waals surface area contributed by atoms with Crippen molar-refractivity contribution < 1.29 is 9.18 Å². The molecule has 5 heteroatoms. The number of benzene rings is 1. The van der Waals surface area contributed by atoms with Gasteiger partial charge in [0.1, 0.15) is 5.82 Å². The summed E-state index contributed by atoms with van der Waals surface area (Å²) in [6.45, 7) is 0.443. The molecule has 0 bridgehead atoms. The smallest absolute Gasteiger partial charge is 0.255 e. The molecule has 0 saturated carbocycles. The van der Waals surface area contributed by atoms with Crippen molar-refractivity contribution in [2.45, 2.75) is 6.54 Å². The van der Waals surface area contributed by atoms with Gasteiger partial charge in [0.2, 0.25) is 0 Å². The van der Waals surface area contributed by atoms with Crippen LogP contribution in [0.15, 0.2) is 42.7 Å². The van der Waals surface area contributed by atoms with Crippen LogP contribution < -0.4 is 5.73 Å². The first-order valence-corrected chi connectivity index (χ1v) is 5.77. The van der Waals surface area contributed by atoms with Gasteiger partial charge in [-0.05, 0) is 35.9 Å². The van der Waals surface area contributed by atoms with Crippen molar-refractivity contribution in [2.24, 2.45) is 0 Å². The number of aromatic nitrogens is 1. The number of anilines is 1. The van der Waals surface area contributed by atoms with Gasteiger partial charge in [0.05, 0.1) is 5.56 Å². The van der Waals surface area contributed by atoms with Gasteiger partial charge >= 0.3 is 0 Å². The Labute approximate surface area is 110 Å². The Hall–Kier alpha value is -2.43. The molecule has 0 fully saturated rings. The van der Waals surface area contributed by atoms with Crippen molar-refractivity contribution in [1.82, 2.24) is 9.88 Å². The highest BCUT2D eigenvalue weighted by molar-refractivity contribution is 5.98. The second-order valence-corrected chi connectivity index (χ2v) is 4.25. The molecule has 19 heavy (non-hydrogen) atoms. The van der Waals surface area contributed by atoms with Crippen LogP contribution in [0.5, 0.6) is 0 Å². The first-order chi connectivity index (χ1) is 9.08. The van der Waals surface area contributed by atoms with Crippen LogP contribution in [0.25, 0.3) is 0 Å². The quantitative estimate of drug-likeness (QED) is 0.858. The number of nitrogens with two attached hydrogens (primary N) is 1. The summed E-state index contributed by atoms with van der Waals surface area (Å²) in [5.74, 6) is -0.694. The first-order valence-electron chi connectivity index (χ1n) is 5.77. The molecule has 1 amide bonds. The van der Waals surface area contributed by atoms with Crippen LogP contribution in [0, 0.1) is 5.82 Å². The minimum absolute atomic E-state index is 0.145. The van der Waals surface area contributed by atoms with Crippen LogP contribution in [0.1, 0.15) is 15.9 Å². The van der Waals surface area contributed by atoms with E-state index in [0.29, 0.717) is 12.1 Å². The van der Waals surface area contributed by atoms with Gasteiger partial charge in [-0.15, -0.1) is 0 Å². The number of carbonyl (C=O) groups excluding carboxylic acids is 1. The average molecular weight is 259 g/mol. The van der Waals surface area contributed by atoms with Crippen molar-refractivity contribution in [1.29, 1.82) is 0 Å². The number of pyridine rings is 1. The number of nitrogen functional groups attached to an aromatic ring is 1. The van der Waals surface area contributed by atoms with E-state index in [4.69, 9.17) is 5.73 Å². The van der Waals surface area contributed by atoms with E-state index in [1.165, 1.54) is 17.0 Å².